The van der Waals surface area contributed by atoms with Gasteiger partial charge in [0.1, 0.15) is 31.0 Å². The van der Waals surface area contributed by atoms with Gasteiger partial charge >= 0.3 is 11.9 Å². The molecule has 0 spiro atoms. The van der Waals surface area contributed by atoms with E-state index in [4.69, 9.17) is 19.3 Å². The summed E-state index contributed by atoms with van der Waals surface area (Å²) in [4.78, 5) is 23.7. The van der Waals surface area contributed by atoms with E-state index in [1.165, 1.54) is 6.08 Å². The van der Waals surface area contributed by atoms with Gasteiger partial charge in [0.15, 0.2) is 0 Å². The van der Waals surface area contributed by atoms with Crippen molar-refractivity contribution in [2.45, 2.75) is 37.1 Å². The summed E-state index contributed by atoms with van der Waals surface area (Å²) < 4.78 is 15.2. The average molecular weight is 408 g/mol. The number of aliphatic hydroxyl groups is 4. The molecular weight excluding hydrogens is 384 g/mol. The fourth-order valence-corrected chi connectivity index (χ4v) is 2.53. The molecule has 5 atom stereocenters. The van der Waals surface area contributed by atoms with Crippen LogP contribution >= 0.6 is 0 Å². The lowest BCUT2D eigenvalue weighted by atomic mass is 9.99. The maximum absolute atomic E-state index is 12.0. The summed E-state index contributed by atoms with van der Waals surface area (Å²) in [6, 6.07) is 8.94. The average Bonchev–Trinajstić information content (AvgIpc) is 2.72. The number of benzene rings is 1. The van der Waals surface area contributed by atoms with Crippen molar-refractivity contribution >= 4 is 18.0 Å². The lowest BCUT2D eigenvalue weighted by Gasteiger charge is -2.39. The van der Waals surface area contributed by atoms with Gasteiger partial charge in [-0.05, 0) is 11.6 Å². The van der Waals surface area contributed by atoms with Crippen molar-refractivity contribution < 1.29 is 44.2 Å². The molecule has 1 saturated heterocycles. The van der Waals surface area contributed by atoms with Crippen LogP contribution in [0.3, 0.4) is 0 Å². The molecule has 29 heavy (non-hydrogen) atoms. The van der Waals surface area contributed by atoms with E-state index in [9.17, 15) is 24.9 Å². The number of ether oxygens (including phenoxy) is 3. The van der Waals surface area contributed by atoms with Crippen LogP contribution in [0.15, 0.2) is 48.6 Å². The highest BCUT2D eigenvalue weighted by Gasteiger charge is 2.45. The van der Waals surface area contributed by atoms with Gasteiger partial charge in [-0.2, -0.15) is 0 Å². The molecule has 0 saturated carbocycles. The molecular formula is C20H24O9. The van der Waals surface area contributed by atoms with E-state index in [1.807, 2.05) is 6.07 Å². The Morgan fingerprint density at radius 1 is 1.10 bits per heavy atom. The third-order valence-corrected chi connectivity index (χ3v) is 4.19. The summed E-state index contributed by atoms with van der Waals surface area (Å²) in [5.41, 5.74) is 0.769. The van der Waals surface area contributed by atoms with E-state index in [2.05, 4.69) is 6.58 Å². The van der Waals surface area contributed by atoms with Gasteiger partial charge in [-0.1, -0.05) is 36.9 Å². The van der Waals surface area contributed by atoms with E-state index >= 15 is 0 Å². The Morgan fingerprint density at radius 2 is 1.79 bits per heavy atom. The Bertz CT molecular complexity index is 731. The lowest BCUT2D eigenvalue weighted by Crippen LogP contribution is -2.59. The molecule has 2 rings (SSSR count). The van der Waals surface area contributed by atoms with E-state index in [-0.39, 0.29) is 18.6 Å². The molecule has 0 amide bonds. The molecule has 0 aromatic heterocycles. The third-order valence-electron chi connectivity index (χ3n) is 4.19. The van der Waals surface area contributed by atoms with Gasteiger partial charge in [0, 0.05) is 24.7 Å². The van der Waals surface area contributed by atoms with Crippen LogP contribution in [0.4, 0.5) is 0 Å². The monoisotopic (exact) mass is 408 g/mol. The molecule has 9 nitrogen and oxygen atoms in total. The second-order valence-corrected chi connectivity index (χ2v) is 6.37. The Kier molecular flexibility index (Phi) is 8.50. The minimum absolute atomic E-state index is 0.0161. The van der Waals surface area contributed by atoms with Crippen molar-refractivity contribution in [2.24, 2.45) is 0 Å². The molecule has 1 aliphatic heterocycles. The number of aliphatic hydroxyl groups excluding tert-OH is 4. The van der Waals surface area contributed by atoms with Crippen molar-refractivity contribution in [1.82, 2.24) is 0 Å². The SMILES string of the molecule is C=C(CCO)C(=O)OC[C@@H]1O[C@H](OC(=O)C=Cc2ccccc2)[C@@H](O)[C@@H](O)[C@H]1O. The molecule has 9 heteroatoms. The van der Waals surface area contributed by atoms with E-state index in [0.717, 1.165) is 11.6 Å². The van der Waals surface area contributed by atoms with Crippen LogP contribution in [-0.2, 0) is 23.8 Å². The lowest BCUT2D eigenvalue weighted by molar-refractivity contribution is -0.291. The summed E-state index contributed by atoms with van der Waals surface area (Å²) in [7, 11) is 0. The van der Waals surface area contributed by atoms with Crippen LogP contribution in [0.2, 0.25) is 0 Å². The van der Waals surface area contributed by atoms with Gasteiger partial charge in [-0.3, -0.25) is 0 Å². The van der Waals surface area contributed by atoms with Crippen LogP contribution in [-0.4, -0.2) is 76.3 Å². The minimum Gasteiger partial charge on any atom is -0.459 e. The number of rotatable bonds is 8. The number of hydrogen-bond acceptors (Lipinski definition) is 9. The Hall–Kier alpha value is -2.56. The fourth-order valence-electron chi connectivity index (χ4n) is 2.53. The summed E-state index contributed by atoms with van der Waals surface area (Å²) in [5, 5.41) is 38.8. The van der Waals surface area contributed by atoms with Gasteiger partial charge in [0.2, 0.25) is 6.29 Å². The van der Waals surface area contributed by atoms with Crippen LogP contribution in [0.5, 0.6) is 0 Å². The Labute approximate surface area is 167 Å². The van der Waals surface area contributed by atoms with Crippen molar-refractivity contribution in [3.8, 4) is 0 Å². The second kappa shape index (κ2) is 10.8. The minimum atomic E-state index is -1.70. The van der Waals surface area contributed by atoms with Crippen molar-refractivity contribution in [3.05, 3.63) is 54.1 Å². The maximum atomic E-state index is 12.0. The first-order valence-corrected chi connectivity index (χ1v) is 8.92. The van der Waals surface area contributed by atoms with E-state index in [0.29, 0.717) is 0 Å². The van der Waals surface area contributed by atoms with Crippen LogP contribution < -0.4 is 0 Å². The number of carbonyl (C=O) groups excluding carboxylic acids is 2. The highest BCUT2D eigenvalue weighted by molar-refractivity contribution is 5.88. The highest BCUT2D eigenvalue weighted by Crippen LogP contribution is 2.23. The standard InChI is InChI=1S/C20H24O9/c1-12(9-10-21)19(26)27-11-14-16(23)17(24)18(25)20(28-14)29-15(22)8-7-13-5-3-2-4-6-13/h2-8,14,16-18,20-21,23-25H,1,9-11H2/t14-,16-,17-,18-,20+/m0/s1. The Morgan fingerprint density at radius 3 is 2.45 bits per heavy atom. The number of carbonyl (C=O) groups is 2. The predicted octanol–water partition coefficient (Wildman–Crippen LogP) is -0.468. The number of esters is 2. The molecule has 0 radical (unpaired) electrons. The second-order valence-electron chi connectivity index (χ2n) is 6.37. The molecule has 1 aliphatic rings. The topological polar surface area (TPSA) is 143 Å². The molecule has 0 bridgehead atoms. The van der Waals surface area contributed by atoms with E-state index < -0.39 is 49.3 Å². The zero-order valence-electron chi connectivity index (χ0n) is 15.6. The summed E-state index contributed by atoms with van der Waals surface area (Å²) >= 11 is 0. The zero-order valence-corrected chi connectivity index (χ0v) is 15.6. The van der Waals surface area contributed by atoms with Crippen LogP contribution in [0.1, 0.15) is 12.0 Å². The molecule has 1 aromatic rings. The van der Waals surface area contributed by atoms with Gasteiger partial charge < -0.3 is 34.6 Å². The fraction of sp³-hybridized carbons (Fsp3) is 0.400. The maximum Gasteiger partial charge on any atom is 0.333 e. The van der Waals surface area contributed by atoms with Crippen molar-refractivity contribution in [1.29, 1.82) is 0 Å². The summed E-state index contributed by atoms with van der Waals surface area (Å²) in [5.74, 6) is -1.65. The van der Waals surface area contributed by atoms with Gasteiger partial charge in [0.05, 0.1) is 0 Å². The molecule has 158 valence electrons. The van der Waals surface area contributed by atoms with Crippen LogP contribution in [0.25, 0.3) is 6.08 Å². The molecule has 1 heterocycles. The third kappa shape index (κ3) is 6.48. The Balaban J connectivity index is 1.95. The van der Waals surface area contributed by atoms with Gasteiger partial charge in [-0.15, -0.1) is 0 Å². The summed E-state index contributed by atoms with van der Waals surface area (Å²) in [6.45, 7) is 2.68. The molecule has 1 aromatic carbocycles. The first-order chi connectivity index (χ1) is 13.8. The smallest absolute Gasteiger partial charge is 0.333 e. The largest absolute Gasteiger partial charge is 0.459 e. The van der Waals surface area contributed by atoms with E-state index in [1.54, 1.807) is 24.3 Å². The quantitative estimate of drug-likeness (QED) is 0.332. The summed E-state index contributed by atoms with van der Waals surface area (Å²) in [6.07, 6.45) is -5.17. The molecule has 0 unspecified atom stereocenters. The number of hydrogen-bond donors (Lipinski definition) is 4. The molecule has 4 N–H and O–H groups in total. The zero-order chi connectivity index (χ0) is 21.4. The first kappa shape index (κ1) is 22.7. The van der Waals surface area contributed by atoms with Crippen molar-refractivity contribution in [3.63, 3.8) is 0 Å². The van der Waals surface area contributed by atoms with Gasteiger partial charge in [0.25, 0.3) is 0 Å². The molecule has 0 aliphatic carbocycles. The normalized spacial score (nSPS) is 26.8. The van der Waals surface area contributed by atoms with Gasteiger partial charge in [-0.25, -0.2) is 9.59 Å². The first-order valence-electron chi connectivity index (χ1n) is 8.92. The van der Waals surface area contributed by atoms with Crippen LogP contribution in [0, 0.1) is 0 Å². The highest BCUT2D eigenvalue weighted by atomic mass is 16.7. The molecule has 1 fully saturated rings. The van der Waals surface area contributed by atoms with Crippen molar-refractivity contribution in [2.75, 3.05) is 13.2 Å². The predicted molar refractivity (Wildman–Crippen MR) is 100 cm³/mol.